The van der Waals surface area contributed by atoms with Crippen molar-refractivity contribution in [1.29, 1.82) is 0 Å². The first kappa shape index (κ1) is 15.2. The second kappa shape index (κ2) is 6.49. The summed E-state index contributed by atoms with van der Waals surface area (Å²) in [6.07, 6.45) is 0. The number of benzene rings is 2. The van der Waals surface area contributed by atoms with Crippen LogP contribution in [-0.4, -0.2) is 22.4 Å². The van der Waals surface area contributed by atoms with Crippen LogP contribution in [0.2, 0.25) is 0 Å². The average molecular weight is 308 g/mol. The molecule has 0 aliphatic rings. The molecule has 0 aliphatic carbocycles. The lowest BCUT2D eigenvalue weighted by Gasteiger charge is -2.07. The second-order valence-electron chi connectivity index (χ2n) is 4.29. The minimum absolute atomic E-state index is 0.0805. The molecule has 1 unspecified atom stereocenters. The highest BCUT2D eigenvalue weighted by Crippen LogP contribution is 2.20. The Labute approximate surface area is 123 Å². The highest BCUT2D eigenvalue weighted by Gasteiger charge is 2.14. The molecule has 0 aliphatic heterocycles. The summed E-state index contributed by atoms with van der Waals surface area (Å²) in [5.74, 6) is -1.17. The molecule has 0 bridgehead atoms. The number of halogens is 1. The van der Waals surface area contributed by atoms with Gasteiger partial charge in [0.05, 0.1) is 34.1 Å². The van der Waals surface area contributed by atoms with Crippen LogP contribution in [0, 0.1) is 5.82 Å². The molecule has 0 radical (unpaired) electrons. The molecule has 0 heterocycles. The Morgan fingerprint density at radius 3 is 2.71 bits per heavy atom. The quantitative estimate of drug-likeness (QED) is 0.922. The van der Waals surface area contributed by atoms with Gasteiger partial charge in [0.2, 0.25) is 0 Å². The Bertz CT molecular complexity index is 700. The smallest absolute Gasteiger partial charge is 0.335 e. The molecule has 4 nitrogen and oxygen atoms in total. The summed E-state index contributed by atoms with van der Waals surface area (Å²) in [5, 5.41) is 8.90. The molecule has 110 valence electrons. The minimum Gasteiger partial charge on any atom is -0.497 e. The van der Waals surface area contributed by atoms with Gasteiger partial charge in [-0.1, -0.05) is 12.1 Å². The number of carboxylic acid groups (broad SMARTS) is 1. The first-order valence-electron chi connectivity index (χ1n) is 6.05. The first-order chi connectivity index (χ1) is 10.0. The average Bonchev–Trinajstić information content (AvgIpc) is 2.47. The summed E-state index contributed by atoms with van der Waals surface area (Å²) in [6.45, 7) is 0. The third kappa shape index (κ3) is 3.66. The van der Waals surface area contributed by atoms with E-state index in [2.05, 4.69) is 0 Å². The summed E-state index contributed by atoms with van der Waals surface area (Å²) >= 11 is 0. The molecule has 0 fully saturated rings. The van der Waals surface area contributed by atoms with Gasteiger partial charge in [-0.3, -0.25) is 4.21 Å². The van der Waals surface area contributed by atoms with Crippen LogP contribution in [0.25, 0.3) is 0 Å². The number of carbonyl (C=O) groups is 1. The van der Waals surface area contributed by atoms with Gasteiger partial charge in [0, 0.05) is 0 Å². The summed E-state index contributed by atoms with van der Waals surface area (Å²) in [7, 11) is -0.157. The maximum absolute atomic E-state index is 13.7. The molecule has 0 saturated carbocycles. The van der Waals surface area contributed by atoms with E-state index in [0.717, 1.165) is 18.2 Å². The maximum Gasteiger partial charge on any atom is 0.335 e. The number of methoxy groups -OCH3 is 1. The van der Waals surface area contributed by atoms with E-state index < -0.39 is 22.6 Å². The fourth-order valence-electron chi connectivity index (χ4n) is 1.80. The Morgan fingerprint density at radius 1 is 1.29 bits per heavy atom. The lowest BCUT2D eigenvalue weighted by atomic mass is 10.2. The molecule has 21 heavy (non-hydrogen) atoms. The summed E-state index contributed by atoms with van der Waals surface area (Å²) in [6, 6.07) is 10.2. The van der Waals surface area contributed by atoms with Crippen molar-refractivity contribution in [2.75, 3.05) is 7.11 Å². The lowest BCUT2D eigenvalue weighted by Crippen LogP contribution is -2.03. The number of hydrogen-bond donors (Lipinski definition) is 1. The van der Waals surface area contributed by atoms with Crippen molar-refractivity contribution < 1.29 is 23.2 Å². The Kier molecular flexibility index (Phi) is 4.70. The molecule has 1 atom stereocenters. The van der Waals surface area contributed by atoms with Crippen LogP contribution in [0.4, 0.5) is 4.39 Å². The SMILES string of the molecule is COc1cccc(CS(=O)c2cc(C(=O)O)ccc2F)c1. The Morgan fingerprint density at radius 2 is 2.05 bits per heavy atom. The van der Waals surface area contributed by atoms with Gasteiger partial charge in [-0.15, -0.1) is 0 Å². The molecular formula is C15H13FO4S. The van der Waals surface area contributed by atoms with E-state index in [0.29, 0.717) is 11.3 Å². The molecule has 6 heteroatoms. The van der Waals surface area contributed by atoms with Crippen molar-refractivity contribution in [3.05, 3.63) is 59.4 Å². The zero-order chi connectivity index (χ0) is 15.4. The van der Waals surface area contributed by atoms with Crippen molar-refractivity contribution in [2.24, 2.45) is 0 Å². The highest BCUT2D eigenvalue weighted by molar-refractivity contribution is 7.84. The van der Waals surface area contributed by atoms with Gasteiger partial charge >= 0.3 is 5.97 Å². The summed E-state index contributed by atoms with van der Waals surface area (Å²) in [5.41, 5.74) is 0.623. The van der Waals surface area contributed by atoms with Crippen LogP contribution >= 0.6 is 0 Å². The van der Waals surface area contributed by atoms with Gasteiger partial charge in [-0.25, -0.2) is 9.18 Å². The first-order valence-corrected chi connectivity index (χ1v) is 7.37. The number of hydrogen-bond acceptors (Lipinski definition) is 3. The molecule has 2 aromatic rings. The van der Waals surface area contributed by atoms with Crippen molar-refractivity contribution in [2.45, 2.75) is 10.6 Å². The standard InChI is InChI=1S/C15H13FO4S/c1-20-12-4-2-3-10(7-12)9-21(19)14-8-11(15(17)18)5-6-13(14)16/h2-8H,9H2,1H3,(H,17,18). The van der Waals surface area contributed by atoms with Crippen molar-refractivity contribution >= 4 is 16.8 Å². The van der Waals surface area contributed by atoms with Crippen LogP contribution in [0.5, 0.6) is 5.75 Å². The van der Waals surface area contributed by atoms with E-state index >= 15 is 0 Å². The predicted molar refractivity (Wildman–Crippen MR) is 76.5 cm³/mol. The number of carboxylic acids is 1. The molecule has 0 saturated heterocycles. The Balaban J connectivity index is 2.27. The topological polar surface area (TPSA) is 63.6 Å². The van der Waals surface area contributed by atoms with Gasteiger partial charge in [0.1, 0.15) is 11.6 Å². The van der Waals surface area contributed by atoms with Crippen molar-refractivity contribution in [3.63, 3.8) is 0 Å². The molecule has 0 spiro atoms. The lowest BCUT2D eigenvalue weighted by molar-refractivity contribution is 0.0696. The monoisotopic (exact) mass is 308 g/mol. The minimum atomic E-state index is -1.68. The number of aromatic carboxylic acids is 1. The largest absolute Gasteiger partial charge is 0.497 e. The molecule has 2 rings (SSSR count). The number of ether oxygens (including phenoxy) is 1. The highest BCUT2D eigenvalue weighted by atomic mass is 32.2. The molecule has 1 N–H and O–H groups in total. The predicted octanol–water partition coefficient (Wildman–Crippen LogP) is 2.84. The molecule has 0 amide bonds. The van der Waals surface area contributed by atoms with Crippen molar-refractivity contribution in [3.8, 4) is 5.75 Å². The van der Waals surface area contributed by atoms with Gasteiger partial charge < -0.3 is 9.84 Å². The van der Waals surface area contributed by atoms with Crippen LogP contribution in [0.1, 0.15) is 15.9 Å². The Hall–Kier alpha value is -2.21. The maximum atomic E-state index is 13.7. The van der Waals surface area contributed by atoms with Crippen LogP contribution in [0.3, 0.4) is 0 Å². The fraction of sp³-hybridized carbons (Fsp3) is 0.133. The van der Waals surface area contributed by atoms with E-state index in [4.69, 9.17) is 9.84 Å². The van der Waals surface area contributed by atoms with Gasteiger partial charge in [-0.05, 0) is 35.9 Å². The van der Waals surface area contributed by atoms with E-state index in [1.165, 1.54) is 7.11 Å². The zero-order valence-corrected chi connectivity index (χ0v) is 12.0. The third-order valence-electron chi connectivity index (χ3n) is 2.86. The van der Waals surface area contributed by atoms with Crippen LogP contribution in [-0.2, 0) is 16.6 Å². The summed E-state index contributed by atoms with van der Waals surface area (Å²) in [4.78, 5) is 10.8. The van der Waals surface area contributed by atoms with E-state index in [9.17, 15) is 13.4 Å². The molecule has 0 aromatic heterocycles. The van der Waals surface area contributed by atoms with Crippen molar-refractivity contribution in [1.82, 2.24) is 0 Å². The van der Waals surface area contributed by atoms with Gasteiger partial charge in [0.15, 0.2) is 0 Å². The normalized spacial score (nSPS) is 11.9. The number of rotatable bonds is 5. The zero-order valence-electron chi connectivity index (χ0n) is 11.2. The second-order valence-corrected chi connectivity index (χ2v) is 5.71. The third-order valence-corrected chi connectivity index (χ3v) is 4.25. The molecule has 2 aromatic carbocycles. The summed E-state index contributed by atoms with van der Waals surface area (Å²) < 4.78 is 31.0. The van der Waals surface area contributed by atoms with E-state index in [1.54, 1.807) is 24.3 Å². The van der Waals surface area contributed by atoms with E-state index in [-0.39, 0.29) is 16.2 Å². The van der Waals surface area contributed by atoms with Gasteiger partial charge in [-0.2, -0.15) is 0 Å². The fourth-order valence-corrected chi connectivity index (χ4v) is 2.98. The van der Waals surface area contributed by atoms with Gasteiger partial charge in [0.25, 0.3) is 0 Å². The molecular weight excluding hydrogens is 295 g/mol. The van der Waals surface area contributed by atoms with Crippen LogP contribution in [0.15, 0.2) is 47.4 Å². The van der Waals surface area contributed by atoms with E-state index in [1.807, 2.05) is 0 Å². The van der Waals surface area contributed by atoms with Crippen LogP contribution < -0.4 is 4.74 Å².